The molecule has 0 bridgehead atoms. The van der Waals surface area contributed by atoms with Crippen molar-refractivity contribution in [3.8, 4) is 0 Å². The van der Waals surface area contributed by atoms with Gasteiger partial charge in [0.05, 0.1) is 6.61 Å². The third-order valence-electron chi connectivity index (χ3n) is 2.87. The highest BCUT2D eigenvalue weighted by atomic mass is 16.5. The summed E-state index contributed by atoms with van der Waals surface area (Å²) in [4.78, 5) is 15.5. The molecule has 0 aromatic carbocycles. The van der Waals surface area contributed by atoms with Gasteiger partial charge in [0.15, 0.2) is 0 Å². The fourth-order valence-corrected chi connectivity index (χ4v) is 2.04. The van der Waals surface area contributed by atoms with E-state index in [1.807, 2.05) is 0 Å². The van der Waals surface area contributed by atoms with Crippen LogP contribution in [0.25, 0.3) is 0 Å². The predicted octanol–water partition coefficient (Wildman–Crippen LogP) is 1.10. The van der Waals surface area contributed by atoms with Gasteiger partial charge in [-0.3, -0.25) is 0 Å². The minimum atomic E-state index is -0.524. The summed E-state index contributed by atoms with van der Waals surface area (Å²) in [6.07, 6.45) is 1.90. The predicted molar refractivity (Wildman–Crippen MR) is 59.7 cm³/mol. The van der Waals surface area contributed by atoms with Crippen LogP contribution in [-0.2, 0) is 4.74 Å². The van der Waals surface area contributed by atoms with Gasteiger partial charge in [-0.2, -0.15) is 4.98 Å². The first kappa shape index (κ1) is 12.0. The smallest absolute Gasteiger partial charge is 0.379 e. The largest absolute Gasteiger partial charge is 0.460 e. The molecule has 0 aliphatic carbocycles. The molecule has 0 radical (unpaired) electrons. The Morgan fingerprint density at radius 2 is 2.47 bits per heavy atom. The van der Waals surface area contributed by atoms with Crippen molar-refractivity contribution >= 4 is 5.97 Å². The van der Waals surface area contributed by atoms with Crippen LogP contribution in [0.4, 0.5) is 0 Å². The van der Waals surface area contributed by atoms with Gasteiger partial charge in [0.2, 0.25) is 5.89 Å². The highest BCUT2D eigenvalue weighted by Gasteiger charge is 2.26. The van der Waals surface area contributed by atoms with Gasteiger partial charge in [-0.25, -0.2) is 4.79 Å². The molecule has 6 heteroatoms. The van der Waals surface area contributed by atoms with Gasteiger partial charge < -0.3 is 14.6 Å². The van der Waals surface area contributed by atoms with Crippen molar-refractivity contribution in [2.75, 3.05) is 13.2 Å². The lowest BCUT2D eigenvalue weighted by atomic mass is 9.93. The van der Waals surface area contributed by atoms with Crippen molar-refractivity contribution in [3.63, 3.8) is 0 Å². The van der Waals surface area contributed by atoms with Crippen LogP contribution in [0.15, 0.2) is 4.52 Å². The van der Waals surface area contributed by atoms with Crippen LogP contribution in [-0.4, -0.2) is 35.3 Å². The number of aromatic nitrogens is 2. The van der Waals surface area contributed by atoms with E-state index in [2.05, 4.69) is 22.4 Å². The molecule has 0 spiro atoms. The summed E-state index contributed by atoms with van der Waals surface area (Å²) in [5.41, 5.74) is 0. The summed E-state index contributed by atoms with van der Waals surface area (Å²) >= 11 is 0. The molecule has 2 heterocycles. The van der Waals surface area contributed by atoms with Crippen LogP contribution >= 0.6 is 0 Å². The van der Waals surface area contributed by atoms with E-state index in [9.17, 15) is 4.79 Å². The SMILES string of the molecule is CCOC(=O)c1noc(C2CCNC(C)C2)n1. The van der Waals surface area contributed by atoms with Crippen LogP contribution in [0, 0.1) is 0 Å². The Kier molecular flexibility index (Phi) is 3.73. The number of hydrogen-bond donors (Lipinski definition) is 1. The number of esters is 1. The quantitative estimate of drug-likeness (QED) is 0.796. The normalized spacial score (nSPS) is 24.6. The van der Waals surface area contributed by atoms with E-state index < -0.39 is 5.97 Å². The molecular weight excluding hydrogens is 222 g/mol. The molecule has 1 fully saturated rings. The molecule has 94 valence electrons. The number of carbonyl (C=O) groups is 1. The molecule has 2 unspecified atom stereocenters. The molecule has 2 rings (SSSR count). The summed E-state index contributed by atoms with van der Waals surface area (Å²) in [6.45, 7) is 5.11. The zero-order valence-electron chi connectivity index (χ0n) is 10.1. The molecule has 1 aromatic rings. The average molecular weight is 239 g/mol. The minimum Gasteiger partial charge on any atom is -0.460 e. The maximum absolute atomic E-state index is 11.4. The van der Waals surface area contributed by atoms with E-state index in [1.54, 1.807) is 6.92 Å². The number of nitrogens with zero attached hydrogens (tertiary/aromatic N) is 2. The van der Waals surface area contributed by atoms with Crippen molar-refractivity contribution in [2.24, 2.45) is 0 Å². The molecule has 1 N–H and O–H groups in total. The van der Waals surface area contributed by atoms with Crippen LogP contribution in [0.3, 0.4) is 0 Å². The second-order valence-corrected chi connectivity index (χ2v) is 4.25. The van der Waals surface area contributed by atoms with Crippen molar-refractivity contribution in [1.82, 2.24) is 15.5 Å². The van der Waals surface area contributed by atoms with Gasteiger partial charge in [0.25, 0.3) is 5.82 Å². The molecule has 1 saturated heterocycles. The average Bonchev–Trinajstić information content (AvgIpc) is 2.78. The molecular formula is C11H17N3O3. The molecule has 1 aliphatic rings. The molecule has 6 nitrogen and oxygen atoms in total. The molecule has 2 atom stereocenters. The Bertz CT molecular complexity index is 391. The van der Waals surface area contributed by atoms with E-state index in [0.29, 0.717) is 18.5 Å². The third kappa shape index (κ3) is 2.82. The standard InChI is InChI=1S/C11H17N3O3/c1-3-16-11(15)9-13-10(17-14-9)8-4-5-12-7(2)6-8/h7-8,12H,3-6H2,1-2H3. The van der Waals surface area contributed by atoms with Crippen LogP contribution in [0.5, 0.6) is 0 Å². The Morgan fingerprint density at radius 3 is 3.18 bits per heavy atom. The second-order valence-electron chi connectivity index (χ2n) is 4.25. The van der Waals surface area contributed by atoms with Crippen molar-refractivity contribution < 1.29 is 14.1 Å². The third-order valence-corrected chi connectivity index (χ3v) is 2.87. The fraction of sp³-hybridized carbons (Fsp3) is 0.727. The molecule has 1 aromatic heterocycles. The summed E-state index contributed by atoms with van der Waals surface area (Å²) in [5, 5.41) is 7.00. The van der Waals surface area contributed by atoms with E-state index in [-0.39, 0.29) is 11.7 Å². The van der Waals surface area contributed by atoms with Gasteiger partial charge >= 0.3 is 5.97 Å². The van der Waals surface area contributed by atoms with Crippen LogP contribution in [0.1, 0.15) is 49.1 Å². The summed E-state index contributed by atoms with van der Waals surface area (Å²) in [5.74, 6) is 0.279. The maximum atomic E-state index is 11.4. The van der Waals surface area contributed by atoms with Crippen LogP contribution < -0.4 is 5.32 Å². The van der Waals surface area contributed by atoms with Crippen molar-refractivity contribution in [1.29, 1.82) is 0 Å². The lowest BCUT2D eigenvalue weighted by Crippen LogP contribution is -2.35. The Morgan fingerprint density at radius 1 is 1.65 bits per heavy atom. The first-order valence-electron chi connectivity index (χ1n) is 5.94. The molecule has 1 aliphatic heterocycles. The number of ether oxygens (including phenoxy) is 1. The molecule has 0 saturated carbocycles. The van der Waals surface area contributed by atoms with E-state index >= 15 is 0 Å². The fourth-order valence-electron chi connectivity index (χ4n) is 2.04. The van der Waals surface area contributed by atoms with Crippen LogP contribution in [0.2, 0.25) is 0 Å². The number of carbonyl (C=O) groups excluding carboxylic acids is 1. The second kappa shape index (κ2) is 5.27. The van der Waals surface area contributed by atoms with E-state index in [1.165, 1.54) is 0 Å². The summed E-state index contributed by atoms with van der Waals surface area (Å²) in [6, 6.07) is 0.437. The first-order valence-corrected chi connectivity index (χ1v) is 5.94. The number of hydrogen-bond acceptors (Lipinski definition) is 6. The number of rotatable bonds is 3. The Labute approximate surface area is 99.7 Å². The molecule has 0 amide bonds. The highest BCUT2D eigenvalue weighted by Crippen LogP contribution is 2.26. The summed E-state index contributed by atoms with van der Waals surface area (Å²) in [7, 11) is 0. The monoisotopic (exact) mass is 239 g/mol. The molecule has 17 heavy (non-hydrogen) atoms. The topological polar surface area (TPSA) is 77.2 Å². The van der Waals surface area contributed by atoms with Crippen molar-refractivity contribution in [3.05, 3.63) is 11.7 Å². The lowest BCUT2D eigenvalue weighted by molar-refractivity contribution is 0.0508. The zero-order chi connectivity index (χ0) is 12.3. The lowest BCUT2D eigenvalue weighted by Gasteiger charge is -2.25. The maximum Gasteiger partial charge on any atom is 0.379 e. The van der Waals surface area contributed by atoms with E-state index in [0.717, 1.165) is 19.4 Å². The van der Waals surface area contributed by atoms with Gasteiger partial charge in [0.1, 0.15) is 0 Å². The van der Waals surface area contributed by atoms with Crippen molar-refractivity contribution in [2.45, 2.75) is 38.6 Å². The van der Waals surface area contributed by atoms with Gasteiger partial charge in [-0.05, 0) is 38.4 Å². The highest BCUT2D eigenvalue weighted by molar-refractivity contribution is 5.84. The summed E-state index contributed by atoms with van der Waals surface area (Å²) < 4.78 is 9.94. The minimum absolute atomic E-state index is 0.0213. The van der Waals surface area contributed by atoms with Gasteiger partial charge in [-0.1, -0.05) is 0 Å². The van der Waals surface area contributed by atoms with Gasteiger partial charge in [-0.15, -0.1) is 0 Å². The number of piperidine rings is 1. The first-order chi connectivity index (χ1) is 8.20. The van der Waals surface area contributed by atoms with Gasteiger partial charge in [0, 0.05) is 12.0 Å². The van der Waals surface area contributed by atoms with E-state index in [4.69, 9.17) is 9.26 Å². The number of nitrogens with one attached hydrogen (secondary N) is 1. The Balaban J connectivity index is 2.04. The zero-order valence-corrected chi connectivity index (χ0v) is 10.1. The Hall–Kier alpha value is -1.43.